The van der Waals surface area contributed by atoms with Gasteiger partial charge in [0.05, 0.1) is 13.2 Å². The SMILES string of the molecule is COc1ccc(C(=O)N(CCC(C)C)CC(=O)N2CCc3sccc3[C@@H]2COc2ccc(Cl)c(C)c2)cc1. The molecule has 1 atom stereocenters. The standard InChI is InChI=1S/C30H35ClN2O4S/c1-20(2)11-14-32(30(35)22-5-7-23(36-4)8-6-22)18-29(34)33-15-12-28-25(13-16-38-28)27(33)19-37-24-9-10-26(31)21(3)17-24/h5-10,13,16-17,20,27H,11-12,14-15,18-19H2,1-4H3/t27-/m0/s1. The molecule has 1 aliphatic heterocycles. The zero-order valence-electron chi connectivity index (χ0n) is 22.4. The van der Waals surface area contributed by atoms with Gasteiger partial charge >= 0.3 is 0 Å². The van der Waals surface area contributed by atoms with Crippen molar-refractivity contribution in [2.75, 3.05) is 33.4 Å². The number of hydrogen-bond donors (Lipinski definition) is 0. The number of thiophene rings is 1. The molecule has 0 spiro atoms. The van der Waals surface area contributed by atoms with Crippen LogP contribution >= 0.6 is 22.9 Å². The van der Waals surface area contributed by atoms with Crippen molar-refractivity contribution in [2.45, 2.75) is 39.7 Å². The first-order valence-electron chi connectivity index (χ1n) is 12.9. The van der Waals surface area contributed by atoms with Crippen LogP contribution in [0.25, 0.3) is 0 Å². The third-order valence-corrected chi connectivity index (χ3v) is 8.30. The van der Waals surface area contributed by atoms with E-state index in [0.29, 0.717) is 41.9 Å². The molecule has 38 heavy (non-hydrogen) atoms. The fourth-order valence-electron chi connectivity index (χ4n) is 4.59. The van der Waals surface area contributed by atoms with Crippen LogP contribution in [0, 0.1) is 12.8 Å². The van der Waals surface area contributed by atoms with Crippen molar-refractivity contribution in [2.24, 2.45) is 5.92 Å². The average molecular weight is 555 g/mol. The molecule has 0 saturated heterocycles. The summed E-state index contributed by atoms with van der Waals surface area (Å²) in [5.41, 5.74) is 2.60. The summed E-state index contributed by atoms with van der Waals surface area (Å²) in [5, 5.41) is 2.76. The molecule has 1 aliphatic rings. The third kappa shape index (κ3) is 6.69. The molecule has 1 aromatic heterocycles. The van der Waals surface area contributed by atoms with Gasteiger partial charge in [-0.2, -0.15) is 0 Å². The van der Waals surface area contributed by atoms with Crippen LogP contribution in [0.1, 0.15) is 52.7 Å². The third-order valence-electron chi connectivity index (χ3n) is 6.88. The number of nitrogens with zero attached hydrogens (tertiary/aromatic N) is 2. The predicted molar refractivity (Wildman–Crippen MR) is 153 cm³/mol. The van der Waals surface area contributed by atoms with E-state index in [4.69, 9.17) is 21.1 Å². The lowest BCUT2D eigenvalue weighted by molar-refractivity contribution is -0.135. The Hall–Kier alpha value is -3.03. The minimum atomic E-state index is -0.225. The van der Waals surface area contributed by atoms with E-state index in [1.165, 1.54) is 4.88 Å². The number of benzene rings is 2. The highest BCUT2D eigenvalue weighted by Gasteiger charge is 2.33. The first kappa shape index (κ1) is 28.0. The summed E-state index contributed by atoms with van der Waals surface area (Å²) in [4.78, 5) is 32.1. The van der Waals surface area contributed by atoms with Crippen molar-refractivity contribution < 1.29 is 19.1 Å². The molecule has 2 heterocycles. The van der Waals surface area contributed by atoms with Gasteiger partial charge in [0, 0.05) is 28.6 Å². The minimum Gasteiger partial charge on any atom is -0.497 e. The van der Waals surface area contributed by atoms with Crippen LogP contribution in [-0.2, 0) is 11.2 Å². The van der Waals surface area contributed by atoms with Crippen molar-refractivity contribution in [3.8, 4) is 11.5 Å². The van der Waals surface area contributed by atoms with Crippen molar-refractivity contribution >= 4 is 34.8 Å². The van der Waals surface area contributed by atoms with Gasteiger partial charge in [0.2, 0.25) is 5.91 Å². The molecule has 0 radical (unpaired) electrons. The van der Waals surface area contributed by atoms with E-state index < -0.39 is 0 Å². The number of rotatable bonds is 10. The summed E-state index contributed by atoms with van der Waals surface area (Å²) >= 11 is 7.89. The van der Waals surface area contributed by atoms with Crippen LogP contribution in [0.3, 0.4) is 0 Å². The monoisotopic (exact) mass is 554 g/mol. The van der Waals surface area contributed by atoms with Crippen molar-refractivity contribution in [3.63, 3.8) is 0 Å². The number of aryl methyl sites for hydroxylation is 1. The van der Waals surface area contributed by atoms with Crippen LogP contribution in [0.2, 0.25) is 5.02 Å². The molecule has 6 nitrogen and oxygen atoms in total. The molecular formula is C30H35ClN2O4S. The van der Waals surface area contributed by atoms with Crippen molar-refractivity contribution in [1.29, 1.82) is 0 Å². The lowest BCUT2D eigenvalue weighted by Crippen LogP contribution is -2.48. The van der Waals surface area contributed by atoms with E-state index >= 15 is 0 Å². The zero-order valence-corrected chi connectivity index (χ0v) is 24.0. The zero-order chi connectivity index (χ0) is 27.2. The summed E-state index contributed by atoms with van der Waals surface area (Å²) in [6.45, 7) is 7.63. The van der Waals surface area contributed by atoms with E-state index in [1.807, 2.05) is 30.0 Å². The molecule has 0 aliphatic carbocycles. The molecule has 0 N–H and O–H groups in total. The number of amides is 2. The van der Waals surface area contributed by atoms with Gasteiger partial charge in [-0.05, 0) is 90.7 Å². The Bertz CT molecular complexity index is 1260. The summed E-state index contributed by atoms with van der Waals surface area (Å²) in [6, 6.07) is 14.5. The molecule has 4 rings (SSSR count). The van der Waals surface area contributed by atoms with E-state index in [1.54, 1.807) is 47.6 Å². The highest BCUT2D eigenvalue weighted by Crippen LogP contribution is 2.34. The van der Waals surface area contributed by atoms with Gasteiger partial charge in [0.25, 0.3) is 5.91 Å². The largest absolute Gasteiger partial charge is 0.497 e. The first-order valence-corrected chi connectivity index (χ1v) is 14.2. The fourth-order valence-corrected chi connectivity index (χ4v) is 5.64. The van der Waals surface area contributed by atoms with Crippen LogP contribution in [-0.4, -0.2) is 55.0 Å². The van der Waals surface area contributed by atoms with Crippen LogP contribution in [0.4, 0.5) is 0 Å². The second kappa shape index (κ2) is 12.7. The van der Waals surface area contributed by atoms with Gasteiger partial charge in [-0.25, -0.2) is 0 Å². The van der Waals surface area contributed by atoms with Gasteiger partial charge in [-0.3, -0.25) is 9.59 Å². The Morgan fingerprint density at radius 2 is 1.87 bits per heavy atom. The highest BCUT2D eigenvalue weighted by atomic mass is 35.5. The van der Waals surface area contributed by atoms with Crippen molar-refractivity contribution in [3.05, 3.63) is 80.5 Å². The average Bonchev–Trinajstić information content (AvgIpc) is 3.40. The van der Waals surface area contributed by atoms with Gasteiger partial charge in [-0.1, -0.05) is 25.4 Å². The molecule has 2 amide bonds. The Kier molecular flexibility index (Phi) is 9.34. The normalized spacial score (nSPS) is 14.8. The topological polar surface area (TPSA) is 59.1 Å². The molecule has 0 saturated carbocycles. The number of halogens is 1. The Morgan fingerprint density at radius 1 is 1.13 bits per heavy atom. The summed E-state index contributed by atoms with van der Waals surface area (Å²) in [6.07, 6.45) is 1.61. The van der Waals surface area contributed by atoms with E-state index in [0.717, 1.165) is 29.7 Å². The minimum absolute atomic E-state index is 0.0214. The van der Waals surface area contributed by atoms with Gasteiger partial charge < -0.3 is 19.3 Å². The van der Waals surface area contributed by atoms with Gasteiger partial charge in [0.1, 0.15) is 24.7 Å². The smallest absolute Gasteiger partial charge is 0.254 e. The van der Waals surface area contributed by atoms with Crippen LogP contribution in [0.15, 0.2) is 53.9 Å². The molecule has 2 aromatic carbocycles. The van der Waals surface area contributed by atoms with Crippen LogP contribution in [0.5, 0.6) is 11.5 Å². The molecule has 0 unspecified atom stereocenters. The fraction of sp³-hybridized carbons (Fsp3) is 0.400. The molecule has 202 valence electrons. The lowest BCUT2D eigenvalue weighted by atomic mass is 10.00. The van der Waals surface area contributed by atoms with Crippen molar-refractivity contribution in [1.82, 2.24) is 9.80 Å². The summed E-state index contributed by atoms with van der Waals surface area (Å²) in [5.74, 6) is 1.58. The Balaban J connectivity index is 1.53. The van der Waals surface area contributed by atoms with E-state index in [9.17, 15) is 9.59 Å². The number of fused-ring (bicyclic) bond motifs is 1. The highest BCUT2D eigenvalue weighted by molar-refractivity contribution is 7.10. The van der Waals surface area contributed by atoms with Crippen LogP contribution < -0.4 is 9.47 Å². The number of carbonyl (C=O) groups excluding carboxylic acids is 2. The quantitative estimate of drug-likeness (QED) is 0.290. The first-order chi connectivity index (χ1) is 18.3. The lowest BCUT2D eigenvalue weighted by Gasteiger charge is -2.37. The number of carbonyl (C=O) groups is 2. The predicted octanol–water partition coefficient (Wildman–Crippen LogP) is 6.41. The second-order valence-electron chi connectivity index (χ2n) is 10.0. The number of ether oxygens (including phenoxy) is 2. The molecular weight excluding hydrogens is 520 g/mol. The second-order valence-corrected chi connectivity index (χ2v) is 11.4. The van der Waals surface area contributed by atoms with E-state index in [2.05, 4.69) is 25.3 Å². The molecule has 0 fully saturated rings. The van der Waals surface area contributed by atoms with Gasteiger partial charge in [-0.15, -0.1) is 11.3 Å². The maximum Gasteiger partial charge on any atom is 0.254 e. The summed E-state index contributed by atoms with van der Waals surface area (Å²) < 4.78 is 11.4. The maximum atomic E-state index is 13.8. The molecule has 0 bridgehead atoms. The Labute approximate surface area is 234 Å². The summed E-state index contributed by atoms with van der Waals surface area (Å²) in [7, 11) is 1.59. The molecule has 3 aromatic rings. The van der Waals surface area contributed by atoms with Gasteiger partial charge in [0.15, 0.2) is 0 Å². The van der Waals surface area contributed by atoms with E-state index in [-0.39, 0.29) is 24.4 Å². The maximum absolute atomic E-state index is 13.8. The molecule has 8 heteroatoms. The number of methoxy groups -OCH3 is 1. The number of hydrogen-bond acceptors (Lipinski definition) is 5. The Morgan fingerprint density at radius 3 is 2.55 bits per heavy atom.